The van der Waals surface area contributed by atoms with Crippen LogP contribution >= 0.6 is 11.8 Å². The number of benzene rings is 2. The molecule has 0 N–H and O–H groups in total. The zero-order chi connectivity index (χ0) is 20.2. The van der Waals surface area contributed by atoms with Gasteiger partial charge in [0.05, 0.1) is 5.75 Å². The van der Waals surface area contributed by atoms with Crippen LogP contribution in [0.25, 0.3) is 11.5 Å². The molecule has 0 unspecified atom stereocenters. The van der Waals surface area contributed by atoms with Gasteiger partial charge < -0.3 is 14.2 Å². The summed E-state index contributed by atoms with van der Waals surface area (Å²) >= 11 is 1.18. The van der Waals surface area contributed by atoms with Crippen molar-refractivity contribution in [3.8, 4) is 11.5 Å². The van der Waals surface area contributed by atoms with E-state index >= 15 is 0 Å². The largest absolute Gasteiger partial charge is 0.411 e. The van der Waals surface area contributed by atoms with Gasteiger partial charge in [-0.3, -0.25) is 4.79 Å². The average Bonchev–Trinajstić information content (AvgIpc) is 3.22. The quantitative estimate of drug-likeness (QED) is 0.594. The highest BCUT2D eigenvalue weighted by Gasteiger charge is 2.22. The molecular weight excluding hydrogens is 398 g/mol. The fourth-order valence-corrected chi connectivity index (χ4v) is 3.72. The van der Waals surface area contributed by atoms with Crippen LogP contribution in [-0.4, -0.2) is 52.9 Å². The number of hydrogen-bond donors (Lipinski definition) is 0. The first-order chi connectivity index (χ1) is 14.1. The number of carbonyl (C=O) groups excluding carboxylic acids is 1. The maximum absolute atomic E-state index is 13.1. The third-order valence-electron chi connectivity index (χ3n) is 4.64. The summed E-state index contributed by atoms with van der Waals surface area (Å²) in [5.74, 6) is -0.124. The predicted octanol–water partition coefficient (Wildman–Crippen LogP) is 3.46. The van der Waals surface area contributed by atoms with Crippen LogP contribution in [0.4, 0.5) is 14.5 Å². The highest BCUT2D eigenvalue weighted by atomic mass is 32.2. The third-order valence-corrected chi connectivity index (χ3v) is 5.44. The molecule has 9 heteroatoms. The SMILES string of the molecule is O=C(CSc1nnc(-c2ccc(F)cc2)o1)N1CCN(c2ccc(F)cc2)CC1. The average molecular weight is 416 g/mol. The number of halogens is 2. The number of anilines is 1. The molecule has 0 radical (unpaired) electrons. The first kappa shape index (κ1) is 19.4. The Labute approximate surface area is 170 Å². The lowest BCUT2D eigenvalue weighted by atomic mass is 10.2. The summed E-state index contributed by atoms with van der Waals surface area (Å²) in [5, 5.41) is 8.17. The van der Waals surface area contributed by atoms with Gasteiger partial charge in [0.25, 0.3) is 5.22 Å². The van der Waals surface area contributed by atoms with Crippen molar-refractivity contribution in [3.63, 3.8) is 0 Å². The van der Waals surface area contributed by atoms with Gasteiger partial charge in [-0.25, -0.2) is 8.78 Å². The zero-order valence-corrected chi connectivity index (χ0v) is 16.2. The Kier molecular flexibility index (Phi) is 5.75. The van der Waals surface area contributed by atoms with Gasteiger partial charge in [-0.05, 0) is 48.5 Å². The number of aromatic nitrogens is 2. The molecule has 0 saturated carbocycles. The minimum atomic E-state index is -0.340. The van der Waals surface area contributed by atoms with Crippen LogP contribution in [0.3, 0.4) is 0 Å². The second kappa shape index (κ2) is 8.60. The first-order valence-corrected chi connectivity index (χ1v) is 10.1. The summed E-state index contributed by atoms with van der Waals surface area (Å²) in [6.07, 6.45) is 0. The lowest BCUT2D eigenvalue weighted by Crippen LogP contribution is -2.49. The minimum Gasteiger partial charge on any atom is -0.411 e. The third kappa shape index (κ3) is 4.73. The van der Waals surface area contributed by atoms with Crippen molar-refractivity contribution in [3.05, 3.63) is 60.2 Å². The van der Waals surface area contributed by atoms with Crippen molar-refractivity contribution in [2.75, 3.05) is 36.8 Å². The van der Waals surface area contributed by atoms with Gasteiger partial charge in [-0.1, -0.05) is 11.8 Å². The normalized spacial score (nSPS) is 14.3. The highest BCUT2D eigenvalue weighted by molar-refractivity contribution is 7.99. The molecule has 2 heterocycles. The number of nitrogens with zero attached hydrogens (tertiary/aromatic N) is 4. The Morgan fingerprint density at radius 3 is 2.21 bits per heavy atom. The number of thioether (sulfide) groups is 1. The van der Waals surface area contributed by atoms with Crippen LogP contribution in [0.5, 0.6) is 0 Å². The Bertz CT molecular complexity index is 971. The minimum absolute atomic E-state index is 0.00436. The van der Waals surface area contributed by atoms with E-state index in [1.807, 2.05) is 0 Å². The molecule has 1 aromatic heterocycles. The molecule has 29 heavy (non-hydrogen) atoms. The van der Waals surface area contributed by atoms with Crippen molar-refractivity contribution >= 4 is 23.4 Å². The van der Waals surface area contributed by atoms with E-state index in [0.717, 1.165) is 5.69 Å². The van der Waals surface area contributed by atoms with Crippen molar-refractivity contribution in [2.45, 2.75) is 5.22 Å². The summed E-state index contributed by atoms with van der Waals surface area (Å²) in [5.41, 5.74) is 1.57. The topological polar surface area (TPSA) is 62.5 Å². The summed E-state index contributed by atoms with van der Waals surface area (Å²) in [6, 6.07) is 12.1. The molecule has 1 aliphatic rings. The fraction of sp³-hybridized carbons (Fsp3) is 0.250. The summed E-state index contributed by atoms with van der Waals surface area (Å²) in [6.45, 7) is 2.58. The van der Waals surface area contributed by atoms with Crippen molar-refractivity contribution in [1.82, 2.24) is 15.1 Å². The van der Waals surface area contributed by atoms with E-state index in [1.54, 1.807) is 29.2 Å². The number of amides is 1. The second-order valence-electron chi connectivity index (χ2n) is 6.51. The molecule has 1 saturated heterocycles. The Hall–Kier alpha value is -2.94. The molecule has 3 aromatic rings. The van der Waals surface area contributed by atoms with Gasteiger partial charge in [0.1, 0.15) is 11.6 Å². The van der Waals surface area contributed by atoms with E-state index < -0.39 is 0 Å². The molecule has 1 aliphatic heterocycles. The molecule has 0 bridgehead atoms. The van der Waals surface area contributed by atoms with Crippen molar-refractivity contribution in [2.24, 2.45) is 0 Å². The molecule has 0 aliphatic carbocycles. The number of piperazine rings is 1. The highest BCUT2D eigenvalue weighted by Crippen LogP contribution is 2.24. The van der Waals surface area contributed by atoms with E-state index in [1.165, 1.54) is 36.0 Å². The van der Waals surface area contributed by atoms with E-state index in [2.05, 4.69) is 15.1 Å². The van der Waals surface area contributed by atoms with E-state index in [9.17, 15) is 13.6 Å². The summed E-state index contributed by atoms with van der Waals surface area (Å²) < 4.78 is 31.6. The predicted molar refractivity (Wildman–Crippen MR) is 106 cm³/mol. The maximum Gasteiger partial charge on any atom is 0.277 e. The molecule has 0 atom stereocenters. The second-order valence-corrected chi connectivity index (χ2v) is 7.44. The van der Waals surface area contributed by atoms with Crippen LogP contribution in [0, 0.1) is 11.6 Å². The summed E-state index contributed by atoms with van der Waals surface area (Å²) in [4.78, 5) is 16.4. The van der Waals surface area contributed by atoms with Gasteiger partial charge in [-0.2, -0.15) is 0 Å². The van der Waals surface area contributed by atoms with Crippen LogP contribution in [0.15, 0.2) is 58.2 Å². The maximum atomic E-state index is 13.1. The Morgan fingerprint density at radius 2 is 1.55 bits per heavy atom. The smallest absolute Gasteiger partial charge is 0.277 e. The monoisotopic (exact) mass is 416 g/mol. The number of rotatable bonds is 5. The van der Waals surface area contributed by atoms with Gasteiger partial charge in [-0.15, -0.1) is 10.2 Å². The fourth-order valence-electron chi connectivity index (χ4n) is 3.06. The van der Waals surface area contributed by atoms with E-state index in [-0.39, 0.29) is 29.2 Å². The number of hydrogen-bond acceptors (Lipinski definition) is 6. The van der Waals surface area contributed by atoms with Crippen molar-refractivity contribution < 1.29 is 18.0 Å². The molecule has 2 aromatic carbocycles. The molecule has 1 fully saturated rings. The van der Waals surface area contributed by atoms with Crippen LogP contribution in [-0.2, 0) is 4.79 Å². The van der Waals surface area contributed by atoms with E-state index in [4.69, 9.17) is 4.42 Å². The lowest BCUT2D eigenvalue weighted by molar-refractivity contribution is -0.128. The van der Waals surface area contributed by atoms with Gasteiger partial charge in [0.15, 0.2) is 0 Å². The Morgan fingerprint density at radius 1 is 0.931 bits per heavy atom. The van der Waals surface area contributed by atoms with Gasteiger partial charge in [0.2, 0.25) is 11.8 Å². The van der Waals surface area contributed by atoms with Crippen LogP contribution in [0.1, 0.15) is 0 Å². The van der Waals surface area contributed by atoms with Crippen molar-refractivity contribution in [1.29, 1.82) is 0 Å². The Balaban J connectivity index is 1.27. The molecular formula is C20H18F2N4O2S. The molecule has 1 amide bonds. The van der Waals surface area contributed by atoms with Gasteiger partial charge in [0, 0.05) is 37.4 Å². The van der Waals surface area contributed by atoms with E-state index in [0.29, 0.717) is 37.0 Å². The lowest BCUT2D eigenvalue weighted by Gasteiger charge is -2.36. The summed E-state index contributed by atoms with van der Waals surface area (Å²) in [7, 11) is 0. The van der Waals surface area contributed by atoms with Crippen LogP contribution in [0.2, 0.25) is 0 Å². The standard InChI is InChI=1S/C20H18F2N4O2S/c21-15-3-1-14(2-4-15)19-23-24-20(28-19)29-13-18(27)26-11-9-25(10-12-26)17-7-5-16(22)6-8-17/h1-8H,9-13H2. The molecule has 150 valence electrons. The first-order valence-electron chi connectivity index (χ1n) is 9.09. The number of carbonyl (C=O) groups is 1. The van der Waals surface area contributed by atoms with Crippen LogP contribution < -0.4 is 4.90 Å². The molecule has 6 nitrogen and oxygen atoms in total. The molecule has 0 spiro atoms. The zero-order valence-electron chi connectivity index (χ0n) is 15.4. The van der Waals surface area contributed by atoms with Gasteiger partial charge >= 0.3 is 0 Å². The molecule has 4 rings (SSSR count).